The van der Waals surface area contributed by atoms with E-state index in [1.165, 1.54) is 31.4 Å². The molecule has 0 aliphatic carbocycles. The molecule has 0 saturated heterocycles. The Morgan fingerprint density at radius 1 is 1.18 bits per heavy atom. The first-order valence-corrected chi connectivity index (χ1v) is 8.97. The summed E-state index contributed by atoms with van der Waals surface area (Å²) in [6.45, 7) is 3.66. The van der Waals surface area contributed by atoms with Crippen molar-refractivity contribution >= 4 is 29.6 Å². The van der Waals surface area contributed by atoms with Crippen molar-refractivity contribution in [3.63, 3.8) is 0 Å². The standard InChI is InChI=1S/C21H21ClFNO4/c1-13(2)21(26)28-18-8-4-14(10-19(18)27-3)5-9-20(25)24-12-15-6-7-16(23)11-17(15)22/h4-11,13H,12H2,1-3H3,(H,24,25)/b9-5+. The van der Waals surface area contributed by atoms with Crippen molar-refractivity contribution in [3.05, 3.63) is 64.4 Å². The van der Waals surface area contributed by atoms with Gasteiger partial charge in [0.2, 0.25) is 5.91 Å². The van der Waals surface area contributed by atoms with Crippen molar-refractivity contribution in [1.82, 2.24) is 5.32 Å². The van der Waals surface area contributed by atoms with Gasteiger partial charge in [-0.2, -0.15) is 0 Å². The normalized spacial score (nSPS) is 10.9. The number of esters is 1. The van der Waals surface area contributed by atoms with Crippen molar-refractivity contribution in [2.45, 2.75) is 20.4 Å². The van der Waals surface area contributed by atoms with Gasteiger partial charge in [-0.05, 0) is 41.5 Å². The van der Waals surface area contributed by atoms with Crippen LogP contribution in [0, 0.1) is 11.7 Å². The van der Waals surface area contributed by atoms with Crippen LogP contribution in [0.15, 0.2) is 42.5 Å². The lowest BCUT2D eigenvalue weighted by atomic mass is 10.1. The predicted molar refractivity (Wildman–Crippen MR) is 106 cm³/mol. The highest BCUT2D eigenvalue weighted by atomic mass is 35.5. The van der Waals surface area contributed by atoms with Gasteiger partial charge in [0.25, 0.3) is 0 Å². The fraction of sp³-hybridized carbons (Fsp3) is 0.238. The molecule has 2 rings (SSSR count). The number of halogens is 2. The van der Waals surface area contributed by atoms with Crippen molar-refractivity contribution in [2.24, 2.45) is 5.92 Å². The lowest BCUT2D eigenvalue weighted by Gasteiger charge is -2.11. The first kappa shape index (κ1) is 21.4. The van der Waals surface area contributed by atoms with Gasteiger partial charge >= 0.3 is 5.97 Å². The van der Waals surface area contributed by atoms with E-state index in [-0.39, 0.29) is 29.4 Å². The molecule has 0 bridgehead atoms. The van der Waals surface area contributed by atoms with E-state index in [9.17, 15) is 14.0 Å². The molecule has 5 nitrogen and oxygen atoms in total. The summed E-state index contributed by atoms with van der Waals surface area (Å²) in [6.07, 6.45) is 2.95. The Bertz CT molecular complexity index is 896. The van der Waals surface area contributed by atoms with Crippen molar-refractivity contribution in [3.8, 4) is 11.5 Å². The molecular weight excluding hydrogens is 385 g/mol. The van der Waals surface area contributed by atoms with Crippen LogP contribution in [0.25, 0.3) is 6.08 Å². The van der Waals surface area contributed by atoms with Gasteiger partial charge in [-0.25, -0.2) is 4.39 Å². The van der Waals surface area contributed by atoms with E-state index in [0.29, 0.717) is 22.6 Å². The fourth-order valence-corrected chi connectivity index (χ4v) is 2.41. The van der Waals surface area contributed by atoms with Gasteiger partial charge in [-0.3, -0.25) is 9.59 Å². The van der Waals surface area contributed by atoms with Gasteiger partial charge in [0.05, 0.1) is 13.0 Å². The van der Waals surface area contributed by atoms with E-state index in [2.05, 4.69) is 5.32 Å². The van der Waals surface area contributed by atoms with Crippen molar-refractivity contribution < 1.29 is 23.5 Å². The molecule has 0 unspecified atom stereocenters. The van der Waals surface area contributed by atoms with Crippen LogP contribution >= 0.6 is 11.6 Å². The third-order valence-electron chi connectivity index (χ3n) is 3.76. The van der Waals surface area contributed by atoms with Crippen LogP contribution in [0.3, 0.4) is 0 Å². The number of methoxy groups -OCH3 is 1. The van der Waals surface area contributed by atoms with Gasteiger partial charge < -0.3 is 14.8 Å². The number of hydrogen-bond donors (Lipinski definition) is 1. The molecule has 0 spiro atoms. The minimum absolute atomic E-state index is 0.176. The van der Waals surface area contributed by atoms with E-state index in [4.69, 9.17) is 21.1 Å². The monoisotopic (exact) mass is 405 g/mol. The summed E-state index contributed by atoms with van der Waals surface area (Å²) in [4.78, 5) is 23.7. The first-order valence-electron chi connectivity index (χ1n) is 8.59. The molecule has 28 heavy (non-hydrogen) atoms. The van der Waals surface area contributed by atoms with Gasteiger partial charge in [-0.1, -0.05) is 37.6 Å². The number of carbonyl (C=O) groups is 2. The summed E-state index contributed by atoms with van der Waals surface area (Å²) in [5, 5.41) is 2.93. The Kier molecular flexibility index (Phi) is 7.58. The topological polar surface area (TPSA) is 64.6 Å². The van der Waals surface area contributed by atoms with Crippen LogP contribution in [-0.2, 0) is 16.1 Å². The number of benzene rings is 2. The summed E-state index contributed by atoms with van der Waals surface area (Å²) in [6, 6.07) is 8.95. The average molecular weight is 406 g/mol. The van der Waals surface area contributed by atoms with E-state index in [1.807, 2.05) is 0 Å². The van der Waals surface area contributed by atoms with E-state index in [0.717, 1.165) is 0 Å². The molecular formula is C21H21ClFNO4. The molecule has 148 valence electrons. The molecule has 2 aromatic carbocycles. The summed E-state index contributed by atoms with van der Waals surface area (Å²) in [5.41, 5.74) is 1.30. The second-order valence-corrected chi connectivity index (χ2v) is 6.68. The summed E-state index contributed by atoms with van der Waals surface area (Å²) in [7, 11) is 1.47. The molecule has 0 fully saturated rings. The highest BCUT2D eigenvalue weighted by molar-refractivity contribution is 6.31. The lowest BCUT2D eigenvalue weighted by molar-refractivity contribution is -0.137. The first-order chi connectivity index (χ1) is 13.3. The summed E-state index contributed by atoms with van der Waals surface area (Å²) in [5.74, 6) is -0.697. The Balaban J connectivity index is 2.00. The van der Waals surface area contributed by atoms with Gasteiger partial charge in [0, 0.05) is 17.6 Å². The Labute approximate surface area is 168 Å². The third-order valence-corrected chi connectivity index (χ3v) is 4.12. The molecule has 7 heteroatoms. The molecule has 1 N–H and O–H groups in total. The second kappa shape index (κ2) is 9.90. The van der Waals surface area contributed by atoms with E-state index >= 15 is 0 Å². The van der Waals surface area contributed by atoms with Crippen LogP contribution in [0.1, 0.15) is 25.0 Å². The van der Waals surface area contributed by atoms with E-state index < -0.39 is 5.82 Å². The highest BCUT2D eigenvalue weighted by Gasteiger charge is 2.13. The van der Waals surface area contributed by atoms with Gasteiger partial charge in [-0.15, -0.1) is 0 Å². The van der Waals surface area contributed by atoms with Crippen LogP contribution in [0.5, 0.6) is 11.5 Å². The number of hydrogen-bond acceptors (Lipinski definition) is 4. The van der Waals surface area contributed by atoms with Crippen LogP contribution in [0.2, 0.25) is 5.02 Å². The number of amides is 1. The largest absolute Gasteiger partial charge is 0.493 e. The maximum atomic E-state index is 13.0. The fourth-order valence-electron chi connectivity index (χ4n) is 2.18. The zero-order chi connectivity index (χ0) is 20.7. The minimum atomic E-state index is -0.434. The summed E-state index contributed by atoms with van der Waals surface area (Å²) >= 11 is 5.93. The molecule has 2 aromatic rings. The average Bonchev–Trinajstić information content (AvgIpc) is 2.66. The third kappa shape index (κ3) is 6.09. The molecule has 0 aliphatic heterocycles. The van der Waals surface area contributed by atoms with Gasteiger partial charge in [0.1, 0.15) is 5.82 Å². The maximum Gasteiger partial charge on any atom is 0.313 e. The van der Waals surface area contributed by atoms with Gasteiger partial charge in [0.15, 0.2) is 11.5 Å². The van der Waals surface area contributed by atoms with Crippen LogP contribution in [0.4, 0.5) is 4.39 Å². The Morgan fingerprint density at radius 3 is 2.57 bits per heavy atom. The molecule has 0 heterocycles. The number of nitrogens with one attached hydrogen (secondary N) is 1. The van der Waals surface area contributed by atoms with E-state index in [1.54, 1.807) is 38.1 Å². The minimum Gasteiger partial charge on any atom is -0.493 e. The zero-order valence-corrected chi connectivity index (χ0v) is 16.5. The Hall–Kier alpha value is -2.86. The highest BCUT2D eigenvalue weighted by Crippen LogP contribution is 2.29. The predicted octanol–water partition coefficient (Wildman–Crippen LogP) is 4.38. The van der Waals surface area contributed by atoms with Crippen LogP contribution < -0.4 is 14.8 Å². The quantitative estimate of drug-likeness (QED) is 0.422. The smallest absolute Gasteiger partial charge is 0.313 e. The second-order valence-electron chi connectivity index (χ2n) is 6.27. The molecule has 1 amide bonds. The maximum absolute atomic E-state index is 13.0. The lowest BCUT2D eigenvalue weighted by Crippen LogP contribution is -2.20. The Morgan fingerprint density at radius 2 is 1.93 bits per heavy atom. The molecule has 0 aromatic heterocycles. The molecule has 0 saturated carbocycles. The van der Waals surface area contributed by atoms with Crippen LogP contribution in [-0.4, -0.2) is 19.0 Å². The molecule has 0 atom stereocenters. The SMILES string of the molecule is COc1cc(/C=C/C(=O)NCc2ccc(F)cc2Cl)ccc1OC(=O)C(C)C. The summed E-state index contributed by atoms with van der Waals surface area (Å²) < 4.78 is 23.6. The zero-order valence-electron chi connectivity index (χ0n) is 15.8. The number of ether oxygens (including phenoxy) is 2. The number of carbonyl (C=O) groups excluding carboxylic acids is 2. The molecule has 0 radical (unpaired) electrons. The van der Waals surface area contributed by atoms with Crippen molar-refractivity contribution in [1.29, 1.82) is 0 Å². The molecule has 0 aliphatic rings. The van der Waals surface area contributed by atoms with Crippen molar-refractivity contribution in [2.75, 3.05) is 7.11 Å². The number of rotatable bonds is 7.